The smallest absolute Gasteiger partial charge is 0.309 e. The van der Waals surface area contributed by atoms with Gasteiger partial charge in [-0.15, -0.1) is 0 Å². The van der Waals surface area contributed by atoms with E-state index in [0.29, 0.717) is 39.0 Å². The molecule has 6 nitrogen and oxygen atoms in total. The normalized spacial score (nSPS) is 15.9. The van der Waals surface area contributed by atoms with Crippen molar-refractivity contribution in [2.75, 3.05) is 19.7 Å². The first-order chi connectivity index (χ1) is 10.5. The Bertz CT molecular complexity index is 531. The maximum atomic E-state index is 12.3. The van der Waals surface area contributed by atoms with Gasteiger partial charge in [-0.25, -0.2) is 0 Å². The molecule has 0 atom stereocenters. The zero-order valence-corrected chi connectivity index (χ0v) is 13.7. The van der Waals surface area contributed by atoms with Crippen LogP contribution in [0.4, 0.5) is 0 Å². The summed E-state index contributed by atoms with van der Waals surface area (Å²) in [7, 11) is 1.90. The number of ether oxygens (including phenoxy) is 1. The second-order valence-corrected chi connectivity index (χ2v) is 5.79. The molecule has 0 aliphatic carbocycles. The van der Waals surface area contributed by atoms with Crippen molar-refractivity contribution in [2.24, 2.45) is 13.0 Å². The van der Waals surface area contributed by atoms with Crippen LogP contribution < -0.4 is 0 Å². The molecule has 0 N–H and O–H groups in total. The number of esters is 1. The van der Waals surface area contributed by atoms with Crippen molar-refractivity contribution < 1.29 is 14.3 Å². The van der Waals surface area contributed by atoms with Gasteiger partial charge < -0.3 is 9.64 Å². The summed E-state index contributed by atoms with van der Waals surface area (Å²) < 4.78 is 6.87. The van der Waals surface area contributed by atoms with E-state index in [1.165, 1.54) is 0 Å². The molecule has 0 saturated carbocycles. The van der Waals surface area contributed by atoms with Gasteiger partial charge in [0.25, 0.3) is 0 Å². The first kappa shape index (κ1) is 16.5. The van der Waals surface area contributed by atoms with E-state index in [9.17, 15) is 9.59 Å². The Morgan fingerprint density at radius 2 is 2.05 bits per heavy atom. The van der Waals surface area contributed by atoms with Crippen LogP contribution in [0.25, 0.3) is 0 Å². The molecule has 0 aromatic carbocycles. The van der Waals surface area contributed by atoms with Crippen LogP contribution in [-0.4, -0.2) is 46.3 Å². The number of amides is 1. The highest BCUT2D eigenvalue weighted by atomic mass is 16.5. The molecule has 6 heteroatoms. The summed E-state index contributed by atoms with van der Waals surface area (Å²) in [5.41, 5.74) is 2.23. The molecule has 22 heavy (non-hydrogen) atoms. The number of aromatic nitrogens is 2. The van der Waals surface area contributed by atoms with E-state index in [-0.39, 0.29) is 17.8 Å². The Balaban J connectivity index is 1.78. The second kappa shape index (κ2) is 7.42. The standard InChI is InChI=1S/C16H25N3O3/c1-4-22-16(21)13-7-9-19(10-8-13)15(20)6-5-14-11-17-18(3)12(14)2/h11,13H,4-10H2,1-3H3. The third kappa shape index (κ3) is 3.87. The van der Waals surface area contributed by atoms with E-state index in [4.69, 9.17) is 4.74 Å². The van der Waals surface area contributed by atoms with E-state index in [0.717, 1.165) is 17.7 Å². The Morgan fingerprint density at radius 1 is 1.36 bits per heavy atom. The molecule has 2 heterocycles. The Hall–Kier alpha value is -1.85. The number of carbonyl (C=O) groups excluding carboxylic acids is 2. The van der Waals surface area contributed by atoms with Gasteiger partial charge >= 0.3 is 5.97 Å². The average Bonchev–Trinajstić information content (AvgIpc) is 2.84. The topological polar surface area (TPSA) is 64.4 Å². The molecule has 2 rings (SSSR count). The second-order valence-electron chi connectivity index (χ2n) is 5.79. The van der Waals surface area contributed by atoms with Gasteiger partial charge in [-0.3, -0.25) is 14.3 Å². The number of rotatable bonds is 5. The molecule has 1 aromatic heterocycles. The van der Waals surface area contributed by atoms with Gasteiger partial charge in [-0.1, -0.05) is 0 Å². The first-order valence-corrected chi connectivity index (χ1v) is 7.94. The van der Waals surface area contributed by atoms with Gasteiger partial charge in [0.05, 0.1) is 18.7 Å². The van der Waals surface area contributed by atoms with Crippen LogP contribution in [0.1, 0.15) is 37.4 Å². The summed E-state index contributed by atoms with van der Waals surface area (Å²) in [6.45, 7) is 5.54. The molecule has 0 spiro atoms. The molecule has 0 bridgehead atoms. The fraction of sp³-hybridized carbons (Fsp3) is 0.688. The minimum atomic E-state index is -0.124. The average molecular weight is 307 g/mol. The SMILES string of the molecule is CCOC(=O)C1CCN(C(=O)CCc2cnn(C)c2C)CC1. The lowest BCUT2D eigenvalue weighted by Crippen LogP contribution is -2.40. The predicted molar refractivity (Wildman–Crippen MR) is 82.2 cm³/mol. The monoisotopic (exact) mass is 307 g/mol. The van der Waals surface area contributed by atoms with Crippen LogP contribution in [0.15, 0.2) is 6.20 Å². The van der Waals surface area contributed by atoms with Crippen LogP contribution >= 0.6 is 0 Å². The quantitative estimate of drug-likeness (QED) is 0.773. The maximum absolute atomic E-state index is 12.3. The number of likely N-dealkylation sites (tertiary alicyclic amines) is 1. The predicted octanol–water partition coefficient (Wildman–Crippen LogP) is 1.46. The number of hydrogen-bond acceptors (Lipinski definition) is 4. The fourth-order valence-electron chi connectivity index (χ4n) is 2.81. The van der Waals surface area contributed by atoms with Gasteiger partial charge in [0.1, 0.15) is 0 Å². The summed E-state index contributed by atoms with van der Waals surface area (Å²) in [5.74, 6) is -0.0179. The molecule has 1 fully saturated rings. The Kier molecular flexibility index (Phi) is 5.57. The van der Waals surface area contributed by atoms with Crippen LogP contribution in [0.3, 0.4) is 0 Å². The van der Waals surface area contributed by atoms with Crippen LogP contribution in [-0.2, 0) is 27.8 Å². The zero-order valence-electron chi connectivity index (χ0n) is 13.7. The molecule has 122 valence electrons. The van der Waals surface area contributed by atoms with E-state index >= 15 is 0 Å². The summed E-state index contributed by atoms with van der Waals surface area (Å²) in [6.07, 6.45) is 4.45. The number of nitrogens with zero attached hydrogens (tertiary/aromatic N) is 3. The third-order valence-electron chi connectivity index (χ3n) is 4.41. The number of aryl methyl sites for hydroxylation is 2. The lowest BCUT2D eigenvalue weighted by atomic mass is 9.96. The summed E-state index contributed by atoms with van der Waals surface area (Å²) >= 11 is 0. The van der Waals surface area contributed by atoms with E-state index < -0.39 is 0 Å². The van der Waals surface area contributed by atoms with Gasteiger partial charge in [-0.2, -0.15) is 5.10 Å². The van der Waals surface area contributed by atoms with Crippen molar-refractivity contribution in [3.63, 3.8) is 0 Å². The third-order valence-corrected chi connectivity index (χ3v) is 4.41. The maximum Gasteiger partial charge on any atom is 0.309 e. The lowest BCUT2D eigenvalue weighted by Gasteiger charge is -2.31. The first-order valence-electron chi connectivity index (χ1n) is 7.94. The van der Waals surface area contributed by atoms with Gasteiger partial charge in [0, 0.05) is 32.3 Å². The van der Waals surface area contributed by atoms with Gasteiger partial charge in [-0.05, 0) is 38.7 Å². The molecule has 1 aliphatic rings. The minimum Gasteiger partial charge on any atom is -0.466 e. The highest BCUT2D eigenvalue weighted by Crippen LogP contribution is 2.20. The molecule has 0 radical (unpaired) electrons. The number of piperidine rings is 1. The van der Waals surface area contributed by atoms with Crippen molar-refractivity contribution in [3.05, 3.63) is 17.5 Å². The van der Waals surface area contributed by atoms with Gasteiger partial charge in [0.15, 0.2) is 0 Å². The molecular formula is C16H25N3O3. The van der Waals surface area contributed by atoms with Crippen LogP contribution in [0.2, 0.25) is 0 Å². The lowest BCUT2D eigenvalue weighted by molar-refractivity contribution is -0.151. The summed E-state index contributed by atoms with van der Waals surface area (Å²) in [5, 5.41) is 4.19. The number of hydrogen-bond donors (Lipinski definition) is 0. The molecule has 0 unspecified atom stereocenters. The minimum absolute atomic E-state index is 0.0513. The van der Waals surface area contributed by atoms with Gasteiger partial charge in [0.2, 0.25) is 5.91 Å². The summed E-state index contributed by atoms with van der Waals surface area (Å²) in [6, 6.07) is 0. The summed E-state index contributed by atoms with van der Waals surface area (Å²) in [4.78, 5) is 25.8. The van der Waals surface area contributed by atoms with Crippen molar-refractivity contribution in [3.8, 4) is 0 Å². The van der Waals surface area contributed by atoms with Crippen molar-refractivity contribution in [2.45, 2.75) is 39.5 Å². The molecule has 1 aromatic rings. The van der Waals surface area contributed by atoms with E-state index in [1.54, 1.807) is 0 Å². The largest absolute Gasteiger partial charge is 0.466 e. The van der Waals surface area contributed by atoms with Crippen molar-refractivity contribution in [1.29, 1.82) is 0 Å². The Morgan fingerprint density at radius 3 is 2.59 bits per heavy atom. The van der Waals surface area contributed by atoms with Crippen LogP contribution in [0.5, 0.6) is 0 Å². The number of carbonyl (C=O) groups is 2. The fourth-order valence-corrected chi connectivity index (χ4v) is 2.81. The molecular weight excluding hydrogens is 282 g/mol. The van der Waals surface area contributed by atoms with Crippen molar-refractivity contribution >= 4 is 11.9 Å². The van der Waals surface area contributed by atoms with Crippen LogP contribution in [0, 0.1) is 12.8 Å². The highest BCUT2D eigenvalue weighted by Gasteiger charge is 2.28. The molecule has 1 saturated heterocycles. The van der Waals surface area contributed by atoms with E-state index in [2.05, 4.69) is 5.10 Å². The highest BCUT2D eigenvalue weighted by molar-refractivity contribution is 5.77. The molecule has 1 amide bonds. The van der Waals surface area contributed by atoms with E-state index in [1.807, 2.05) is 36.7 Å². The zero-order chi connectivity index (χ0) is 16.1. The molecule has 1 aliphatic heterocycles. The van der Waals surface area contributed by atoms with Crippen molar-refractivity contribution in [1.82, 2.24) is 14.7 Å². The Labute approximate surface area is 131 Å².